The zero-order valence-corrected chi connectivity index (χ0v) is 17.1. The Kier molecular flexibility index (Phi) is 5.60. The Morgan fingerprint density at radius 3 is 2.52 bits per heavy atom. The first-order chi connectivity index (χ1) is 13.1. The Bertz CT molecular complexity index is 771. The van der Waals surface area contributed by atoms with E-state index in [1.807, 2.05) is 10.3 Å². The van der Waals surface area contributed by atoms with E-state index in [4.69, 9.17) is 0 Å². The van der Waals surface area contributed by atoms with Crippen LogP contribution in [0.3, 0.4) is 0 Å². The van der Waals surface area contributed by atoms with Crippen molar-refractivity contribution >= 4 is 17.2 Å². The quantitative estimate of drug-likeness (QED) is 0.797. The number of amides is 1. The summed E-state index contributed by atoms with van der Waals surface area (Å²) < 4.78 is 0. The Hall–Kier alpha value is -1.72. The molecule has 4 nitrogen and oxygen atoms in total. The van der Waals surface area contributed by atoms with E-state index in [-0.39, 0.29) is 5.91 Å². The summed E-state index contributed by atoms with van der Waals surface area (Å²) in [6.07, 6.45) is 4.87. The van der Waals surface area contributed by atoms with Crippen LogP contribution in [0, 0.1) is 5.92 Å². The summed E-state index contributed by atoms with van der Waals surface area (Å²) >= 11 is 1.56. The maximum atomic E-state index is 12.8. The summed E-state index contributed by atoms with van der Waals surface area (Å²) in [6, 6.07) is 9.10. The molecule has 2 fully saturated rings. The Balaban J connectivity index is 1.34. The second kappa shape index (κ2) is 8.11. The van der Waals surface area contributed by atoms with E-state index >= 15 is 0 Å². The number of thiazole rings is 1. The minimum absolute atomic E-state index is 0.0805. The van der Waals surface area contributed by atoms with Gasteiger partial charge in [-0.2, -0.15) is 0 Å². The molecule has 2 aromatic rings. The van der Waals surface area contributed by atoms with Crippen LogP contribution in [-0.4, -0.2) is 41.5 Å². The number of piperidine rings is 1. The van der Waals surface area contributed by atoms with E-state index in [1.165, 1.54) is 18.4 Å². The van der Waals surface area contributed by atoms with Gasteiger partial charge in [0.15, 0.2) is 0 Å². The number of likely N-dealkylation sites (tertiary alicyclic amines) is 1. The number of nitrogens with one attached hydrogen (secondary N) is 1. The van der Waals surface area contributed by atoms with E-state index < -0.39 is 0 Å². The molecule has 1 saturated heterocycles. The van der Waals surface area contributed by atoms with Gasteiger partial charge in [-0.05, 0) is 49.6 Å². The topological polar surface area (TPSA) is 45.2 Å². The van der Waals surface area contributed by atoms with Gasteiger partial charge in [-0.1, -0.05) is 38.1 Å². The van der Waals surface area contributed by atoms with Crippen molar-refractivity contribution in [2.45, 2.75) is 51.5 Å². The second-order valence-corrected chi connectivity index (χ2v) is 9.09. The Morgan fingerprint density at radius 1 is 1.19 bits per heavy atom. The lowest BCUT2D eigenvalue weighted by Gasteiger charge is -2.32. The van der Waals surface area contributed by atoms with Gasteiger partial charge in [0.05, 0.1) is 0 Å². The highest BCUT2D eigenvalue weighted by atomic mass is 32.1. The van der Waals surface area contributed by atoms with E-state index in [1.54, 1.807) is 11.3 Å². The molecule has 1 amide bonds. The van der Waals surface area contributed by atoms with Gasteiger partial charge in [-0.15, -0.1) is 11.3 Å². The molecule has 27 heavy (non-hydrogen) atoms. The molecule has 1 N–H and O–H groups in total. The Morgan fingerprint density at radius 2 is 1.89 bits per heavy atom. The van der Waals surface area contributed by atoms with Gasteiger partial charge in [0.2, 0.25) is 0 Å². The van der Waals surface area contributed by atoms with Gasteiger partial charge < -0.3 is 10.2 Å². The highest BCUT2D eigenvalue weighted by molar-refractivity contribution is 7.13. The Labute approximate surface area is 166 Å². The molecule has 2 aliphatic rings. The molecule has 0 radical (unpaired) electrons. The molecule has 1 aromatic carbocycles. The van der Waals surface area contributed by atoms with Crippen LogP contribution in [0.15, 0.2) is 29.6 Å². The number of benzene rings is 1. The summed E-state index contributed by atoms with van der Waals surface area (Å²) in [5.74, 6) is 1.51. The molecule has 4 rings (SSSR count). The molecule has 0 unspecified atom stereocenters. The van der Waals surface area contributed by atoms with Gasteiger partial charge in [0.25, 0.3) is 5.91 Å². The molecular formula is C22H29N3OS. The molecule has 1 saturated carbocycles. The number of rotatable bonds is 6. The summed E-state index contributed by atoms with van der Waals surface area (Å²) in [5, 5.41) is 6.50. The lowest BCUT2D eigenvalue weighted by molar-refractivity contribution is 0.0700. The van der Waals surface area contributed by atoms with Crippen LogP contribution in [0.25, 0.3) is 10.6 Å². The maximum Gasteiger partial charge on any atom is 0.273 e. The van der Waals surface area contributed by atoms with E-state index in [0.29, 0.717) is 17.7 Å². The van der Waals surface area contributed by atoms with Crippen molar-refractivity contribution in [1.29, 1.82) is 0 Å². The second-order valence-electron chi connectivity index (χ2n) is 8.23. The number of hydrogen-bond acceptors (Lipinski definition) is 4. The predicted octanol–water partition coefficient (Wildman–Crippen LogP) is 4.54. The van der Waals surface area contributed by atoms with Crippen LogP contribution in [0.1, 0.15) is 61.5 Å². The molecular weight excluding hydrogens is 354 g/mol. The lowest BCUT2D eigenvalue weighted by atomic mass is 10.0. The third kappa shape index (κ3) is 4.58. The van der Waals surface area contributed by atoms with Crippen molar-refractivity contribution in [2.24, 2.45) is 5.92 Å². The minimum atomic E-state index is 0.0805. The van der Waals surface area contributed by atoms with Crippen molar-refractivity contribution in [3.05, 3.63) is 40.9 Å². The molecule has 5 heteroatoms. The third-order valence-electron chi connectivity index (χ3n) is 5.72. The van der Waals surface area contributed by atoms with E-state index in [0.717, 1.165) is 49.0 Å². The lowest BCUT2D eigenvalue weighted by Crippen LogP contribution is -2.45. The average Bonchev–Trinajstić information content (AvgIpc) is 3.40. The van der Waals surface area contributed by atoms with Gasteiger partial charge in [-0.3, -0.25) is 4.79 Å². The van der Waals surface area contributed by atoms with Gasteiger partial charge >= 0.3 is 0 Å². The zero-order valence-electron chi connectivity index (χ0n) is 16.3. The summed E-state index contributed by atoms with van der Waals surface area (Å²) in [4.78, 5) is 19.4. The van der Waals surface area contributed by atoms with Gasteiger partial charge in [0.1, 0.15) is 10.7 Å². The first-order valence-electron chi connectivity index (χ1n) is 10.2. The largest absolute Gasteiger partial charge is 0.337 e. The van der Waals surface area contributed by atoms with Crippen LogP contribution in [0.4, 0.5) is 0 Å². The van der Waals surface area contributed by atoms with Crippen LogP contribution >= 0.6 is 11.3 Å². The highest BCUT2D eigenvalue weighted by Gasteiger charge is 2.27. The standard InChI is InChI=1S/C22H29N3OS/c1-15(2)17-5-7-18(8-6-17)21-24-20(14-27-21)22(26)25-11-9-19(10-12-25)23-13-16-3-4-16/h5-8,14-16,19,23H,3-4,9-13H2,1-2H3. The van der Waals surface area contributed by atoms with Crippen LogP contribution < -0.4 is 5.32 Å². The van der Waals surface area contributed by atoms with Gasteiger partial charge in [-0.25, -0.2) is 4.98 Å². The normalized spacial score (nSPS) is 18.3. The van der Waals surface area contributed by atoms with E-state index in [9.17, 15) is 4.79 Å². The van der Waals surface area contributed by atoms with Gasteiger partial charge in [0, 0.05) is 30.1 Å². The third-order valence-corrected chi connectivity index (χ3v) is 6.61. The van der Waals surface area contributed by atoms with Crippen molar-refractivity contribution in [1.82, 2.24) is 15.2 Å². The SMILES string of the molecule is CC(C)c1ccc(-c2nc(C(=O)N3CCC(NCC4CC4)CC3)cs2)cc1. The molecule has 1 aromatic heterocycles. The number of carbonyl (C=O) groups is 1. The van der Waals surface area contributed by atoms with Crippen LogP contribution in [-0.2, 0) is 0 Å². The van der Waals surface area contributed by atoms with Crippen molar-refractivity contribution in [2.75, 3.05) is 19.6 Å². The molecule has 0 spiro atoms. The number of carbonyl (C=O) groups excluding carboxylic acids is 1. The summed E-state index contributed by atoms with van der Waals surface area (Å²) in [6.45, 7) is 7.21. The molecule has 2 heterocycles. The molecule has 0 bridgehead atoms. The molecule has 1 aliphatic heterocycles. The van der Waals surface area contributed by atoms with Crippen molar-refractivity contribution in [3.8, 4) is 10.6 Å². The molecule has 0 atom stereocenters. The summed E-state index contributed by atoms with van der Waals surface area (Å²) in [5.41, 5.74) is 3.00. The van der Waals surface area contributed by atoms with E-state index in [2.05, 4.69) is 48.4 Å². The molecule has 144 valence electrons. The van der Waals surface area contributed by atoms with Crippen LogP contribution in [0.2, 0.25) is 0 Å². The smallest absolute Gasteiger partial charge is 0.273 e. The minimum Gasteiger partial charge on any atom is -0.337 e. The van der Waals surface area contributed by atoms with Crippen molar-refractivity contribution < 1.29 is 4.79 Å². The number of aromatic nitrogens is 1. The zero-order chi connectivity index (χ0) is 18.8. The fraction of sp³-hybridized carbons (Fsp3) is 0.545. The summed E-state index contributed by atoms with van der Waals surface area (Å²) in [7, 11) is 0. The average molecular weight is 384 g/mol. The monoisotopic (exact) mass is 383 g/mol. The molecule has 1 aliphatic carbocycles. The maximum absolute atomic E-state index is 12.8. The first-order valence-corrected chi connectivity index (χ1v) is 11.1. The number of hydrogen-bond donors (Lipinski definition) is 1. The number of nitrogens with zero attached hydrogens (tertiary/aromatic N) is 2. The van der Waals surface area contributed by atoms with Crippen molar-refractivity contribution in [3.63, 3.8) is 0 Å². The predicted molar refractivity (Wildman–Crippen MR) is 111 cm³/mol. The highest BCUT2D eigenvalue weighted by Crippen LogP contribution is 2.29. The fourth-order valence-corrected chi connectivity index (χ4v) is 4.42. The van der Waals surface area contributed by atoms with Crippen LogP contribution in [0.5, 0.6) is 0 Å². The fourth-order valence-electron chi connectivity index (χ4n) is 3.62. The first kappa shape index (κ1) is 18.6.